The molecule has 3 aromatic rings. The molecule has 1 amide bonds. The van der Waals surface area contributed by atoms with Crippen LogP contribution in [0, 0.1) is 0 Å². The predicted molar refractivity (Wildman–Crippen MR) is 110 cm³/mol. The molecule has 0 unspecified atom stereocenters. The third kappa shape index (κ3) is 5.42. The molecular formula is C21H20ClN3O4. The smallest absolute Gasteiger partial charge is 0.306 e. The molecule has 0 atom stereocenters. The first-order chi connectivity index (χ1) is 13.9. The number of esters is 1. The number of aromatic nitrogens is 2. The summed E-state index contributed by atoms with van der Waals surface area (Å²) in [6.07, 6.45) is 0.255. The lowest BCUT2D eigenvalue weighted by atomic mass is 10.2. The van der Waals surface area contributed by atoms with Gasteiger partial charge in [-0.3, -0.25) is 19.0 Å². The Morgan fingerprint density at radius 1 is 1.14 bits per heavy atom. The van der Waals surface area contributed by atoms with Crippen molar-refractivity contribution >= 4 is 34.4 Å². The fourth-order valence-corrected chi connectivity index (χ4v) is 2.90. The van der Waals surface area contributed by atoms with Crippen LogP contribution in [0.25, 0.3) is 10.9 Å². The maximum atomic E-state index is 12.4. The molecule has 7 nitrogen and oxygen atoms in total. The van der Waals surface area contributed by atoms with Gasteiger partial charge in [-0.2, -0.15) is 0 Å². The van der Waals surface area contributed by atoms with E-state index < -0.39 is 11.9 Å². The van der Waals surface area contributed by atoms with Crippen molar-refractivity contribution in [3.8, 4) is 0 Å². The van der Waals surface area contributed by atoms with E-state index in [4.69, 9.17) is 16.3 Å². The fraction of sp³-hybridized carbons (Fsp3) is 0.238. The second-order valence-corrected chi connectivity index (χ2v) is 6.91. The van der Waals surface area contributed by atoms with Gasteiger partial charge in [-0.05, 0) is 29.8 Å². The summed E-state index contributed by atoms with van der Waals surface area (Å²) >= 11 is 5.81. The standard InChI is InChI=1S/C21H20ClN3O4/c1-25-18(24-17-5-3-2-4-16(17)21(25)28)10-11-20(27)29-13-19(26)23-12-14-6-8-15(22)9-7-14/h2-9H,10-13H2,1H3,(H,23,26). The Morgan fingerprint density at radius 2 is 1.86 bits per heavy atom. The molecule has 0 aliphatic rings. The van der Waals surface area contributed by atoms with Gasteiger partial charge in [0.1, 0.15) is 5.82 Å². The summed E-state index contributed by atoms with van der Waals surface area (Å²) in [4.78, 5) is 40.6. The van der Waals surface area contributed by atoms with Crippen LogP contribution < -0.4 is 10.9 Å². The summed E-state index contributed by atoms with van der Waals surface area (Å²) in [7, 11) is 1.62. The number of carbonyl (C=O) groups excluding carboxylic acids is 2. The lowest BCUT2D eigenvalue weighted by Gasteiger charge is -2.09. The molecule has 1 aromatic heterocycles. The summed E-state index contributed by atoms with van der Waals surface area (Å²) in [5.74, 6) is -0.448. The number of amides is 1. The molecule has 3 rings (SSSR count). The molecular weight excluding hydrogens is 394 g/mol. The number of rotatable bonds is 7. The Kier molecular flexibility index (Phi) is 6.61. The van der Waals surface area contributed by atoms with E-state index in [0.29, 0.717) is 28.3 Å². The molecule has 0 aliphatic heterocycles. The van der Waals surface area contributed by atoms with Crippen LogP contribution >= 0.6 is 11.6 Å². The molecule has 0 fully saturated rings. The van der Waals surface area contributed by atoms with E-state index in [1.807, 2.05) is 0 Å². The van der Waals surface area contributed by atoms with Crippen LogP contribution in [-0.2, 0) is 34.3 Å². The number of hydrogen-bond donors (Lipinski definition) is 1. The van der Waals surface area contributed by atoms with Crippen LogP contribution in [0.15, 0.2) is 53.3 Å². The number of nitrogens with zero attached hydrogens (tertiary/aromatic N) is 2. The van der Waals surface area contributed by atoms with Gasteiger partial charge < -0.3 is 10.1 Å². The number of nitrogens with one attached hydrogen (secondary N) is 1. The molecule has 0 radical (unpaired) electrons. The van der Waals surface area contributed by atoms with Crippen molar-refractivity contribution in [3.63, 3.8) is 0 Å². The van der Waals surface area contributed by atoms with Gasteiger partial charge in [-0.15, -0.1) is 0 Å². The largest absolute Gasteiger partial charge is 0.456 e. The molecule has 150 valence electrons. The maximum absolute atomic E-state index is 12.4. The van der Waals surface area contributed by atoms with Crippen LogP contribution in [-0.4, -0.2) is 28.0 Å². The minimum absolute atomic E-state index is 0.0169. The van der Waals surface area contributed by atoms with Gasteiger partial charge in [0.15, 0.2) is 6.61 Å². The Labute approximate surface area is 172 Å². The van der Waals surface area contributed by atoms with E-state index in [1.165, 1.54) is 4.57 Å². The highest BCUT2D eigenvalue weighted by Gasteiger charge is 2.12. The molecule has 29 heavy (non-hydrogen) atoms. The van der Waals surface area contributed by atoms with E-state index in [1.54, 1.807) is 55.6 Å². The second-order valence-electron chi connectivity index (χ2n) is 6.47. The topological polar surface area (TPSA) is 90.3 Å². The van der Waals surface area contributed by atoms with E-state index in [0.717, 1.165) is 5.56 Å². The van der Waals surface area contributed by atoms with Gasteiger partial charge in [0.05, 0.1) is 17.3 Å². The summed E-state index contributed by atoms with van der Waals surface area (Å²) < 4.78 is 6.43. The molecule has 0 saturated carbocycles. The first-order valence-electron chi connectivity index (χ1n) is 9.05. The summed E-state index contributed by atoms with van der Waals surface area (Å²) in [5.41, 5.74) is 1.30. The quantitative estimate of drug-likeness (QED) is 0.600. The lowest BCUT2D eigenvalue weighted by Crippen LogP contribution is -2.28. The highest BCUT2D eigenvalue weighted by molar-refractivity contribution is 6.30. The van der Waals surface area contributed by atoms with Crippen molar-refractivity contribution in [1.29, 1.82) is 0 Å². The fourth-order valence-electron chi connectivity index (χ4n) is 2.77. The van der Waals surface area contributed by atoms with Crippen LogP contribution in [0.1, 0.15) is 17.8 Å². The monoisotopic (exact) mass is 413 g/mol. The predicted octanol–water partition coefficient (Wildman–Crippen LogP) is 2.38. The van der Waals surface area contributed by atoms with E-state index in [9.17, 15) is 14.4 Å². The molecule has 0 aliphatic carbocycles. The zero-order chi connectivity index (χ0) is 20.8. The number of ether oxygens (including phenoxy) is 1. The van der Waals surface area contributed by atoms with Crippen LogP contribution in [0.4, 0.5) is 0 Å². The van der Waals surface area contributed by atoms with Crippen molar-refractivity contribution in [2.24, 2.45) is 7.05 Å². The number of hydrogen-bond acceptors (Lipinski definition) is 5. The Morgan fingerprint density at radius 3 is 2.62 bits per heavy atom. The van der Waals surface area contributed by atoms with Gasteiger partial charge >= 0.3 is 5.97 Å². The van der Waals surface area contributed by atoms with Crippen molar-refractivity contribution in [2.75, 3.05) is 6.61 Å². The number of benzene rings is 2. The van der Waals surface area contributed by atoms with Crippen molar-refractivity contribution in [2.45, 2.75) is 19.4 Å². The average molecular weight is 414 g/mol. The van der Waals surface area contributed by atoms with Gasteiger partial charge in [-0.25, -0.2) is 4.98 Å². The first kappa shape index (κ1) is 20.5. The second kappa shape index (κ2) is 9.34. The minimum atomic E-state index is -0.533. The van der Waals surface area contributed by atoms with E-state index in [-0.39, 0.29) is 25.0 Å². The average Bonchev–Trinajstić information content (AvgIpc) is 2.73. The highest BCUT2D eigenvalue weighted by atomic mass is 35.5. The van der Waals surface area contributed by atoms with E-state index in [2.05, 4.69) is 10.3 Å². The Bertz CT molecular complexity index is 1090. The van der Waals surface area contributed by atoms with Gasteiger partial charge in [-0.1, -0.05) is 35.9 Å². The number of para-hydroxylation sites is 1. The first-order valence-corrected chi connectivity index (χ1v) is 9.43. The minimum Gasteiger partial charge on any atom is -0.456 e. The van der Waals surface area contributed by atoms with Crippen molar-refractivity contribution < 1.29 is 14.3 Å². The molecule has 2 aromatic carbocycles. The van der Waals surface area contributed by atoms with Crippen molar-refractivity contribution in [1.82, 2.24) is 14.9 Å². The number of carbonyl (C=O) groups is 2. The van der Waals surface area contributed by atoms with E-state index >= 15 is 0 Å². The molecule has 0 spiro atoms. The number of aryl methyl sites for hydroxylation is 1. The third-order valence-electron chi connectivity index (χ3n) is 4.40. The third-order valence-corrected chi connectivity index (χ3v) is 4.65. The molecule has 0 saturated heterocycles. The molecule has 0 bridgehead atoms. The zero-order valence-electron chi connectivity index (χ0n) is 15.9. The maximum Gasteiger partial charge on any atom is 0.306 e. The SMILES string of the molecule is Cn1c(CCC(=O)OCC(=O)NCc2ccc(Cl)cc2)nc2ccccc2c1=O. The van der Waals surface area contributed by atoms with Crippen LogP contribution in [0.3, 0.4) is 0 Å². The van der Waals surface area contributed by atoms with Gasteiger partial charge in [0.2, 0.25) is 0 Å². The Balaban J connectivity index is 1.48. The summed E-state index contributed by atoms with van der Waals surface area (Å²) in [6, 6.07) is 14.1. The number of fused-ring (bicyclic) bond motifs is 1. The molecule has 1 heterocycles. The Hall–Kier alpha value is -3.19. The number of halogens is 1. The molecule has 1 N–H and O–H groups in total. The summed E-state index contributed by atoms with van der Waals surface area (Å²) in [5, 5.41) is 3.81. The normalized spacial score (nSPS) is 10.7. The van der Waals surface area contributed by atoms with Crippen LogP contribution in [0.5, 0.6) is 0 Å². The van der Waals surface area contributed by atoms with Crippen molar-refractivity contribution in [3.05, 3.63) is 75.3 Å². The highest BCUT2D eigenvalue weighted by Crippen LogP contribution is 2.10. The van der Waals surface area contributed by atoms with Crippen LogP contribution in [0.2, 0.25) is 5.02 Å². The molecule has 8 heteroatoms. The zero-order valence-corrected chi connectivity index (χ0v) is 16.6. The summed E-state index contributed by atoms with van der Waals surface area (Å²) in [6.45, 7) is -0.0484. The van der Waals surface area contributed by atoms with Gasteiger partial charge in [0.25, 0.3) is 11.5 Å². The van der Waals surface area contributed by atoms with Gasteiger partial charge in [0, 0.05) is 25.0 Å². The lowest BCUT2D eigenvalue weighted by molar-refractivity contribution is -0.148.